The van der Waals surface area contributed by atoms with E-state index in [0.717, 1.165) is 6.42 Å². The summed E-state index contributed by atoms with van der Waals surface area (Å²) < 4.78 is 0. The lowest BCUT2D eigenvalue weighted by molar-refractivity contribution is -0.145. The van der Waals surface area contributed by atoms with Gasteiger partial charge in [-0.25, -0.2) is 0 Å². The Morgan fingerprint density at radius 1 is 1.32 bits per heavy atom. The van der Waals surface area contributed by atoms with Crippen LogP contribution in [-0.2, 0) is 9.59 Å². The molecule has 0 aromatic heterocycles. The number of hydrogen-bond donors (Lipinski definition) is 2. The highest BCUT2D eigenvalue weighted by Crippen LogP contribution is 2.32. The quantitative estimate of drug-likeness (QED) is 0.867. The summed E-state index contributed by atoms with van der Waals surface area (Å²) in [5.41, 5.74) is 0.985. The minimum Gasteiger partial charge on any atom is -0.481 e. The molecular weight excluding hydrogens is 244 g/mol. The molecule has 1 aliphatic carbocycles. The van der Waals surface area contributed by atoms with Gasteiger partial charge in [0.05, 0.1) is 23.5 Å². The summed E-state index contributed by atoms with van der Waals surface area (Å²) in [5, 5.41) is 20.5. The third-order valence-corrected chi connectivity index (χ3v) is 3.43. The number of aliphatic carboxylic acids is 1. The second kappa shape index (κ2) is 5.53. The molecule has 5 heteroatoms. The van der Waals surface area contributed by atoms with Crippen LogP contribution >= 0.6 is 0 Å². The van der Waals surface area contributed by atoms with E-state index in [4.69, 9.17) is 10.4 Å². The fourth-order valence-corrected chi connectivity index (χ4v) is 2.47. The summed E-state index contributed by atoms with van der Waals surface area (Å²) in [5.74, 6) is -2.27. The summed E-state index contributed by atoms with van der Waals surface area (Å²) in [6, 6.07) is 8.57. The van der Waals surface area contributed by atoms with Crippen LogP contribution in [0, 0.1) is 23.2 Å². The molecule has 0 heterocycles. The van der Waals surface area contributed by atoms with Gasteiger partial charge in [0, 0.05) is 5.69 Å². The third-order valence-electron chi connectivity index (χ3n) is 3.43. The fourth-order valence-electron chi connectivity index (χ4n) is 2.47. The first-order valence-electron chi connectivity index (χ1n) is 6.15. The van der Waals surface area contributed by atoms with Gasteiger partial charge in [-0.2, -0.15) is 5.26 Å². The second-order valence-corrected chi connectivity index (χ2v) is 4.66. The lowest BCUT2D eigenvalue weighted by Crippen LogP contribution is -2.29. The Balaban J connectivity index is 2.08. The van der Waals surface area contributed by atoms with Crippen LogP contribution in [0.15, 0.2) is 24.3 Å². The highest BCUT2D eigenvalue weighted by molar-refractivity contribution is 5.95. The Morgan fingerprint density at radius 2 is 2.05 bits per heavy atom. The van der Waals surface area contributed by atoms with Gasteiger partial charge in [-0.3, -0.25) is 9.59 Å². The molecule has 1 aromatic carbocycles. The summed E-state index contributed by atoms with van der Waals surface area (Å²) >= 11 is 0. The maximum atomic E-state index is 12.1. The number of carbonyl (C=O) groups is 2. The highest BCUT2D eigenvalue weighted by Gasteiger charge is 2.37. The minimum atomic E-state index is -0.913. The molecule has 0 aliphatic heterocycles. The smallest absolute Gasteiger partial charge is 0.307 e. The van der Waals surface area contributed by atoms with Crippen molar-refractivity contribution in [3.8, 4) is 6.07 Å². The normalized spacial score (nSPS) is 21.6. The molecule has 98 valence electrons. The van der Waals surface area contributed by atoms with Gasteiger partial charge >= 0.3 is 5.97 Å². The van der Waals surface area contributed by atoms with Crippen LogP contribution in [0.4, 0.5) is 5.69 Å². The Labute approximate surface area is 110 Å². The van der Waals surface area contributed by atoms with Crippen molar-refractivity contribution in [2.24, 2.45) is 11.8 Å². The standard InChI is InChI=1S/C14H14N2O3/c15-8-9-3-1-4-10(7-9)16-13(17)11-5-2-6-12(11)14(18)19/h1,3-4,7,11-12H,2,5-6H2,(H,16,17)(H,18,19)/t11-,12+/m1/s1. The molecule has 2 N–H and O–H groups in total. The van der Waals surface area contributed by atoms with Crippen LogP contribution in [0.3, 0.4) is 0 Å². The zero-order valence-corrected chi connectivity index (χ0v) is 10.3. The second-order valence-electron chi connectivity index (χ2n) is 4.66. The number of nitrogens with one attached hydrogen (secondary N) is 1. The molecule has 1 aromatic rings. The Morgan fingerprint density at radius 3 is 2.74 bits per heavy atom. The molecule has 0 saturated heterocycles. The van der Waals surface area contributed by atoms with E-state index < -0.39 is 17.8 Å². The summed E-state index contributed by atoms with van der Waals surface area (Å²) in [6.07, 6.45) is 1.90. The molecule has 0 unspecified atom stereocenters. The maximum Gasteiger partial charge on any atom is 0.307 e. The monoisotopic (exact) mass is 258 g/mol. The number of carboxylic acids is 1. The first-order chi connectivity index (χ1) is 9.11. The lowest BCUT2D eigenvalue weighted by atomic mass is 9.95. The van der Waals surface area contributed by atoms with Crippen molar-refractivity contribution in [2.75, 3.05) is 5.32 Å². The first-order valence-corrected chi connectivity index (χ1v) is 6.15. The molecule has 2 rings (SSSR count). The number of nitrogens with zero attached hydrogens (tertiary/aromatic N) is 1. The topological polar surface area (TPSA) is 90.2 Å². The molecule has 1 aliphatic rings. The predicted octanol–water partition coefficient (Wildman–Crippen LogP) is 2.00. The third kappa shape index (κ3) is 2.91. The van der Waals surface area contributed by atoms with Gasteiger partial charge in [-0.1, -0.05) is 12.5 Å². The van der Waals surface area contributed by atoms with Gasteiger partial charge in [0.1, 0.15) is 0 Å². The average Bonchev–Trinajstić information content (AvgIpc) is 2.88. The lowest BCUT2D eigenvalue weighted by Gasteiger charge is -2.15. The number of benzene rings is 1. The maximum absolute atomic E-state index is 12.1. The van der Waals surface area contributed by atoms with Gasteiger partial charge in [-0.05, 0) is 31.0 Å². The number of nitriles is 1. The first kappa shape index (κ1) is 13.1. The molecule has 1 amide bonds. The molecule has 2 atom stereocenters. The number of hydrogen-bond acceptors (Lipinski definition) is 3. The summed E-state index contributed by atoms with van der Waals surface area (Å²) in [4.78, 5) is 23.1. The van der Waals surface area contributed by atoms with Crippen molar-refractivity contribution >= 4 is 17.6 Å². The fraction of sp³-hybridized carbons (Fsp3) is 0.357. The van der Waals surface area contributed by atoms with E-state index in [1.165, 1.54) is 0 Å². The zero-order chi connectivity index (χ0) is 13.8. The van der Waals surface area contributed by atoms with Crippen LogP contribution in [0.25, 0.3) is 0 Å². The van der Waals surface area contributed by atoms with E-state index in [1.807, 2.05) is 6.07 Å². The van der Waals surface area contributed by atoms with E-state index in [1.54, 1.807) is 24.3 Å². The van der Waals surface area contributed by atoms with Crippen molar-refractivity contribution in [2.45, 2.75) is 19.3 Å². The van der Waals surface area contributed by atoms with Gasteiger partial charge in [0.15, 0.2) is 0 Å². The largest absolute Gasteiger partial charge is 0.481 e. The van der Waals surface area contributed by atoms with Crippen molar-refractivity contribution in [3.63, 3.8) is 0 Å². The van der Waals surface area contributed by atoms with E-state index in [-0.39, 0.29) is 5.91 Å². The SMILES string of the molecule is N#Cc1cccc(NC(=O)[C@@H]2CCC[C@@H]2C(=O)O)c1. The van der Waals surface area contributed by atoms with Crippen LogP contribution in [0.1, 0.15) is 24.8 Å². The molecule has 0 radical (unpaired) electrons. The number of rotatable bonds is 3. The van der Waals surface area contributed by atoms with Crippen LogP contribution in [-0.4, -0.2) is 17.0 Å². The molecule has 1 fully saturated rings. The molecule has 0 spiro atoms. The Bertz CT molecular complexity index is 548. The van der Waals surface area contributed by atoms with Gasteiger partial charge < -0.3 is 10.4 Å². The van der Waals surface area contributed by atoms with Crippen molar-refractivity contribution in [3.05, 3.63) is 29.8 Å². The molecular formula is C14H14N2O3. The van der Waals surface area contributed by atoms with Gasteiger partial charge in [0.2, 0.25) is 5.91 Å². The summed E-state index contributed by atoms with van der Waals surface area (Å²) in [6.45, 7) is 0. The predicted molar refractivity (Wildman–Crippen MR) is 68.3 cm³/mol. The number of carboxylic acid groups (broad SMARTS) is 1. The molecule has 19 heavy (non-hydrogen) atoms. The van der Waals surface area contributed by atoms with E-state index in [2.05, 4.69) is 5.32 Å². The minimum absolute atomic E-state index is 0.278. The number of amides is 1. The van der Waals surface area contributed by atoms with E-state index in [9.17, 15) is 9.59 Å². The average molecular weight is 258 g/mol. The molecule has 5 nitrogen and oxygen atoms in total. The number of carbonyl (C=O) groups excluding carboxylic acids is 1. The van der Waals surface area contributed by atoms with Crippen LogP contribution in [0.2, 0.25) is 0 Å². The van der Waals surface area contributed by atoms with E-state index >= 15 is 0 Å². The zero-order valence-electron chi connectivity index (χ0n) is 10.3. The van der Waals surface area contributed by atoms with E-state index in [0.29, 0.717) is 24.1 Å². The molecule has 0 bridgehead atoms. The van der Waals surface area contributed by atoms with Crippen LogP contribution < -0.4 is 5.32 Å². The van der Waals surface area contributed by atoms with Crippen molar-refractivity contribution < 1.29 is 14.7 Å². The molecule has 1 saturated carbocycles. The highest BCUT2D eigenvalue weighted by atomic mass is 16.4. The van der Waals surface area contributed by atoms with Gasteiger partial charge in [-0.15, -0.1) is 0 Å². The van der Waals surface area contributed by atoms with Crippen LogP contribution in [0.5, 0.6) is 0 Å². The Kier molecular flexibility index (Phi) is 3.81. The summed E-state index contributed by atoms with van der Waals surface area (Å²) in [7, 11) is 0. The van der Waals surface area contributed by atoms with Crippen molar-refractivity contribution in [1.82, 2.24) is 0 Å². The van der Waals surface area contributed by atoms with Gasteiger partial charge in [0.25, 0.3) is 0 Å². The van der Waals surface area contributed by atoms with Crippen molar-refractivity contribution in [1.29, 1.82) is 5.26 Å². The Hall–Kier alpha value is -2.35. The number of anilines is 1.